The van der Waals surface area contributed by atoms with Crippen molar-refractivity contribution in [3.05, 3.63) is 71.5 Å². The Morgan fingerprint density at radius 1 is 1.03 bits per heavy atom. The fraction of sp³-hybridized carbons (Fsp3) is 0.385. The Bertz CT molecular complexity index is 981. The highest BCUT2D eigenvalue weighted by Gasteiger charge is 2.43. The maximum Gasteiger partial charge on any atom is 0.290 e. The maximum atomic E-state index is 13.0. The molecule has 32 heavy (non-hydrogen) atoms. The van der Waals surface area contributed by atoms with Crippen LogP contribution in [0.4, 0.5) is 0 Å². The number of aliphatic hydroxyl groups is 1. The molecule has 1 heterocycles. The van der Waals surface area contributed by atoms with E-state index >= 15 is 0 Å². The molecule has 1 atom stereocenters. The van der Waals surface area contributed by atoms with Crippen molar-refractivity contribution in [3.63, 3.8) is 0 Å². The van der Waals surface area contributed by atoms with Gasteiger partial charge in [0, 0.05) is 13.0 Å². The van der Waals surface area contributed by atoms with Crippen LogP contribution in [0.25, 0.3) is 0 Å². The van der Waals surface area contributed by atoms with E-state index in [0.717, 1.165) is 0 Å². The van der Waals surface area contributed by atoms with E-state index in [1.807, 2.05) is 82.3 Å². The number of aliphatic hydroxyl groups excluding tert-OH is 1. The molecular formula is C26H31NO5. The summed E-state index contributed by atoms with van der Waals surface area (Å²) in [6.07, 6.45) is 0.261. The maximum absolute atomic E-state index is 13.0. The van der Waals surface area contributed by atoms with Crippen molar-refractivity contribution in [1.29, 1.82) is 0 Å². The second-order valence-electron chi connectivity index (χ2n) is 8.59. The van der Waals surface area contributed by atoms with Crippen LogP contribution in [0.1, 0.15) is 45.7 Å². The number of carbonyl (C=O) groups is 2. The molecule has 0 aliphatic carbocycles. The number of Topliss-reactive ketones (excluding diaryl/α,β-unsaturated/α-hetero) is 1. The number of benzene rings is 2. The van der Waals surface area contributed by atoms with Gasteiger partial charge in [0.1, 0.15) is 11.5 Å². The summed E-state index contributed by atoms with van der Waals surface area (Å²) in [7, 11) is 0. The molecule has 0 saturated heterocycles. The van der Waals surface area contributed by atoms with Gasteiger partial charge in [0.15, 0.2) is 11.5 Å². The van der Waals surface area contributed by atoms with Gasteiger partial charge in [0.25, 0.3) is 5.91 Å². The summed E-state index contributed by atoms with van der Waals surface area (Å²) in [6.45, 7) is 8.27. The Morgan fingerprint density at radius 3 is 2.38 bits per heavy atom. The number of hydrogen-bond donors (Lipinski definition) is 1. The number of ether oxygens (including phenoxy) is 2. The molecule has 0 radical (unpaired) electrons. The molecule has 2 aromatic carbocycles. The van der Waals surface area contributed by atoms with Crippen LogP contribution < -0.4 is 4.74 Å². The molecule has 1 aliphatic rings. The molecule has 1 N–H and O–H groups in total. The highest BCUT2D eigenvalue weighted by atomic mass is 16.5. The van der Waals surface area contributed by atoms with Gasteiger partial charge < -0.3 is 19.5 Å². The van der Waals surface area contributed by atoms with Gasteiger partial charge in [-0.2, -0.15) is 0 Å². The Kier molecular flexibility index (Phi) is 7.70. The number of amides is 1. The SMILES string of the molecule is CC(C)CC(=O)C1=C(O)C(=O)N(CCOC(C)C)C1c1cccc(Oc2ccccc2)c1. The third-order valence-corrected chi connectivity index (χ3v) is 5.13. The second-order valence-corrected chi connectivity index (χ2v) is 8.59. The Balaban J connectivity index is 1.95. The third-order valence-electron chi connectivity index (χ3n) is 5.13. The number of nitrogens with zero attached hydrogens (tertiary/aromatic N) is 1. The quantitative estimate of drug-likeness (QED) is 0.552. The van der Waals surface area contributed by atoms with Crippen molar-refractivity contribution in [2.45, 2.75) is 46.3 Å². The molecular weight excluding hydrogens is 406 g/mol. The van der Waals surface area contributed by atoms with Crippen molar-refractivity contribution in [3.8, 4) is 11.5 Å². The van der Waals surface area contributed by atoms with Crippen LogP contribution in [-0.4, -0.2) is 41.0 Å². The molecule has 2 aromatic rings. The first-order chi connectivity index (χ1) is 15.3. The summed E-state index contributed by atoms with van der Waals surface area (Å²) < 4.78 is 11.6. The van der Waals surface area contributed by atoms with Gasteiger partial charge in [0.05, 0.1) is 24.3 Å². The molecule has 0 saturated carbocycles. The van der Waals surface area contributed by atoms with Crippen molar-refractivity contribution >= 4 is 11.7 Å². The van der Waals surface area contributed by atoms with E-state index in [1.54, 1.807) is 0 Å². The number of para-hydroxylation sites is 1. The monoisotopic (exact) mass is 437 g/mol. The van der Waals surface area contributed by atoms with Gasteiger partial charge in [-0.1, -0.05) is 44.2 Å². The van der Waals surface area contributed by atoms with E-state index in [0.29, 0.717) is 23.7 Å². The molecule has 0 fully saturated rings. The zero-order chi connectivity index (χ0) is 23.3. The lowest BCUT2D eigenvalue weighted by Gasteiger charge is -2.27. The number of hydrogen-bond acceptors (Lipinski definition) is 5. The first-order valence-corrected chi connectivity index (χ1v) is 11.0. The molecule has 0 spiro atoms. The molecule has 170 valence electrons. The summed E-state index contributed by atoms with van der Waals surface area (Å²) in [5, 5.41) is 10.7. The average Bonchev–Trinajstić information content (AvgIpc) is 2.99. The van der Waals surface area contributed by atoms with E-state index in [2.05, 4.69) is 0 Å². The van der Waals surface area contributed by atoms with Gasteiger partial charge in [-0.15, -0.1) is 0 Å². The van der Waals surface area contributed by atoms with Gasteiger partial charge >= 0.3 is 0 Å². The lowest BCUT2D eigenvalue weighted by atomic mass is 9.92. The normalized spacial score (nSPS) is 16.4. The molecule has 3 rings (SSSR count). The first-order valence-electron chi connectivity index (χ1n) is 11.0. The lowest BCUT2D eigenvalue weighted by Crippen LogP contribution is -2.34. The van der Waals surface area contributed by atoms with Gasteiger partial charge in [-0.3, -0.25) is 9.59 Å². The van der Waals surface area contributed by atoms with Crippen LogP contribution in [0.3, 0.4) is 0 Å². The number of ketones is 1. The van der Waals surface area contributed by atoms with Crippen LogP contribution >= 0.6 is 0 Å². The van der Waals surface area contributed by atoms with Gasteiger partial charge in [-0.25, -0.2) is 0 Å². The Hall–Kier alpha value is -3.12. The largest absolute Gasteiger partial charge is 0.503 e. The number of rotatable bonds is 10. The van der Waals surface area contributed by atoms with Crippen molar-refractivity contribution in [2.75, 3.05) is 13.2 Å². The zero-order valence-electron chi connectivity index (χ0n) is 19.1. The molecule has 0 bridgehead atoms. The minimum absolute atomic E-state index is 0.0114. The molecule has 1 amide bonds. The highest BCUT2D eigenvalue weighted by molar-refractivity contribution is 6.09. The van der Waals surface area contributed by atoms with Crippen LogP contribution in [0, 0.1) is 5.92 Å². The Labute approximate surface area is 189 Å². The van der Waals surface area contributed by atoms with E-state index in [-0.39, 0.29) is 36.3 Å². The minimum atomic E-state index is -0.691. The molecule has 0 aromatic heterocycles. The number of carbonyl (C=O) groups excluding carboxylic acids is 2. The predicted molar refractivity (Wildman–Crippen MR) is 123 cm³/mol. The van der Waals surface area contributed by atoms with E-state index in [1.165, 1.54) is 4.90 Å². The molecule has 6 heteroatoms. The average molecular weight is 438 g/mol. The summed E-state index contributed by atoms with van der Waals surface area (Å²) in [5.74, 6) is 0.121. The fourth-order valence-electron chi connectivity index (χ4n) is 3.76. The summed E-state index contributed by atoms with van der Waals surface area (Å²) in [6, 6.07) is 16.0. The minimum Gasteiger partial charge on any atom is -0.503 e. The van der Waals surface area contributed by atoms with Crippen LogP contribution in [-0.2, 0) is 14.3 Å². The fourth-order valence-corrected chi connectivity index (χ4v) is 3.76. The van der Waals surface area contributed by atoms with Crippen LogP contribution in [0.15, 0.2) is 65.9 Å². The summed E-state index contributed by atoms with van der Waals surface area (Å²) in [5.41, 5.74) is 0.845. The van der Waals surface area contributed by atoms with Crippen molar-refractivity contribution in [1.82, 2.24) is 4.90 Å². The Morgan fingerprint density at radius 2 is 1.72 bits per heavy atom. The smallest absolute Gasteiger partial charge is 0.290 e. The second kappa shape index (κ2) is 10.5. The molecule has 6 nitrogen and oxygen atoms in total. The van der Waals surface area contributed by atoms with E-state index < -0.39 is 17.7 Å². The lowest BCUT2D eigenvalue weighted by molar-refractivity contribution is -0.130. The van der Waals surface area contributed by atoms with E-state index in [4.69, 9.17) is 9.47 Å². The van der Waals surface area contributed by atoms with Crippen LogP contribution in [0.2, 0.25) is 0 Å². The van der Waals surface area contributed by atoms with Gasteiger partial charge in [0.2, 0.25) is 0 Å². The van der Waals surface area contributed by atoms with Crippen LogP contribution in [0.5, 0.6) is 11.5 Å². The highest BCUT2D eigenvalue weighted by Crippen LogP contribution is 2.39. The standard InChI is InChI=1S/C26H31NO5/c1-17(2)15-22(28)23-24(27(26(30)25(23)29)13-14-31-18(3)4)19-9-8-12-21(16-19)32-20-10-6-5-7-11-20/h5-12,16-18,24,29H,13-15H2,1-4H3. The first kappa shape index (κ1) is 23.5. The molecule has 1 unspecified atom stereocenters. The van der Waals surface area contributed by atoms with Crippen molar-refractivity contribution in [2.24, 2.45) is 5.92 Å². The third kappa shape index (κ3) is 5.56. The zero-order valence-corrected chi connectivity index (χ0v) is 19.1. The topological polar surface area (TPSA) is 76.1 Å². The summed E-state index contributed by atoms with van der Waals surface area (Å²) in [4.78, 5) is 27.5. The summed E-state index contributed by atoms with van der Waals surface area (Å²) >= 11 is 0. The van der Waals surface area contributed by atoms with Crippen molar-refractivity contribution < 1.29 is 24.2 Å². The predicted octanol–water partition coefficient (Wildman–Crippen LogP) is 5.21. The molecule has 1 aliphatic heterocycles. The van der Waals surface area contributed by atoms with Gasteiger partial charge in [-0.05, 0) is 49.6 Å². The van der Waals surface area contributed by atoms with E-state index in [9.17, 15) is 14.7 Å².